The molecule has 2 aliphatic heterocycles. The number of nitrogens with zero attached hydrogens (tertiary/aromatic N) is 2. The maximum atomic E-state index is 14.0. The molecule has 0 aromatic heterocycles. The first-order valence-corrected chi connectivity index (χ1v) is 11.5. The van der Waals surface area contributed by atoms with E-state index in [0.717, 1.165) is 18.6 Å². The Labute approximate surface area is 175 Å². The van der Waals surface area contributed by atoms with Crippen LogP contribution in [0.15, 0.2) is 41.3 Å². The number of hydrogen-bond donors (Lipinski definition) is 0. The molecule has 0 aliphatic carbocycles. The van der Waals surface area contributed by atoms with Gasteiger partial charge in [0.2, 0.25) is 10.0 Å². The number of rotatable bonds is 3. The molecule has 30 heavy (non-hydrogen) atoms. The number of sulfonamides is 1. The van der Waals surface area contributed by atoms with E-state index in [1.54, 1.807) is 0 Å². The van der Waals surface area contributed by atoms with Gasteiger partial charge in [0.25, 0.3) is 5.91 Å². The quantitative estimate of drug-likeness (QED) is 0.738. The van der Waals surface area contributed by atoms with Gasteiger partial charge < -0.3 is 4.90 Å². The summed E-state index contributed by atoms with van der Waals surface area (Å²) >= 11 is 0. The molecule has 0 saturated carbocycles. The predicted octanol–water partition coefficient (Wildman–Crippen LogP) is 3.83. The zero-order valence-electron chi connectivity index (χ0n) is 16.9. The SMILES string of the molecule is CC1CC(C)CN(S(=O)(=O)c2ccc(C(=O)N3CCc4c(F)cc(F)cc43)cc2)C1. The predicted molar refractivity (Wildman–Crippen MR) is 110 cm³/mol. The Morgan fingerprint density at radius 3 is 2.30 bits per heavy atom. The largest absolute Gasteiger partial charge is 0.308 e. The fraction of sp³-hybridized carbons (Fsp3) is 0.409. The van der Waals surface area contributed by atoms with Crippen molar-refractivity contribution in [1.82, 2.24) is 4.31 Å². The third-order valence-electron chi connectivity index (χ3n) is 5.83. The van der Waals surface area contributed by atoms with E-state index in [0.29, 0.717) is 36.9 Å². The van der Waals surface area contributed by atoms with Gasteiger partial charge in [-0.2, -0.15) is 4.31 Å². The van der Waals surface area contributed by atoms with E-state index in [-0.39, 0.29) is 22.7 Å². The third-order valence-corrected chi connectivity index (χ3v) is 7.68. The van der Waals surface area contributed by atoms with Crippen molar-refractivity contribution in [1.29, 1.82) is 0 Å². The van der Waals surface area contributed by atoms with Crippen LogP contribution in [0.25, 0.3) is 0 Å². The van der Waals surface area contributed by atoms with Gasteiger partial charge in [-0.15, -0.1) is 0 Å². The first-order chi connectivity index (χ1) is 14.2. The van der Waals surface area contributed by atoms with Crippen LogP contribution in [0.2, 0.25) is 0 Å². The van der Waals surface area contributed by atoms with E-state index in [2.05, 4.69) is 0 Å². The second kappa shape index (κ2) is 7.74. The van der Waals surface area contributed by atoms with Crippen molar-refractivity contribution in [2.24, 2.45) is 11.8 Å². The van der Waals surface area contributed by atoms with Gasteiger partial charge in [0.05, 0.1) is 10.6 Å². The van der Waals surface area contributed by atoms with Crippen LogP contribution >= 0.6 is 0 Å². The second-order valence-electron chi connectivity index (χ2n) is 8.38. The number of anilines is 1. The van der Waals surface area contributed by atoms with Crippen LogP contribution in [0.5, 0.6) is 0 Å². The number of halogens is 2. The lowest BCUT2D eigenvalue weighted by Crippen LogP contribution is -2.42. The van der Waals surface area contributed by atoms with Gasteiger partial charge in [-0.1, -0.05) is 13.8 Å². The highest BCUT2D eigenvalue weighted by Gasteiger charge is 2.32. The zero-order chi connectivity index (χ0) is 21.6. The summed E-state index contributed by atoms with van der Waals surface area (Å²) in [6.07, 6.45) is 1.31. The van der Waals surface area contributed by atoms with Gasteiger partial charge in [0, 0.05) is 36.8 Å². The molecule has 1 amide bonds. The average molecular weight is 435 g/mol. The number of benzene rings is 2. The summed E-state index contributed by atoms with van der Waals surface area (Å²) in [5, 5.41) is 0. The number of hydrogen-bond acceptors (Lipinski definition) is 3. The molecule has 4 rings (SSSR count). The summed E-state index contributed by atoms with van der Waals surface area (Å²) in [4.78, 5) is 14.4. The lowest BCUT2D eigenvalue weighted by molar-refractivity contribution is 0.0989. The standard InChI is InChI=1S/C22H24F2N2O3S/c1-14-9-15(2)13-25(12-14)30(28,29)18-5-3-16(4-6-18)22(27)26-8-7-19-20(24)10-17(23)11-21(19)26/h3-6,10-11,14-15H,7-9,12-13H2,1-2H3. The molecule has 2 aliphatic rings. The smallest absolute Gasteiger partial charge is 0.258 e. The highest BCUT2D eigenvalue weighted by molar-refractivity contribution is 7.89. The summed E-state index contributed by atoms with van der Waals surface area (Å²) in [5.74, 6) is -1.23. The molecule has 0 N–H and O–H groups in total. The molecule has 8 heteroatoms. The molecule has 1 saturated heterocycles. The van der Waals surface area contributed by atoms with E-state index >= 15 is 0 Å². The first kappa shape index (κ1) is 20.9. The topological polar surface area (TPSA) is 57.7 Å². The summed E-state index contributed by atoms with van der Waals surface area (Å²) in [6, 6.07) is 7.74. The fourth-order valence-electron chi connectivity index (χ4n) is 4.51. The van der Waals surface area contributed by atoms with Crippen molar-refractivity contribution < 1.29 is 22.0 Å². The Kier molecular flexibility index (Phi) is 5.40. The van der Waals surface area contributed by atoms with Crippen molar-refractivity contribution in [2.45, 2.75) is 31.6 Å². The molecule has 2 atom stereocenters. The van der Waals surface area contributed by atoms with Gasteiger partial charge in [0.15, 0.2) is 0 Å². The van der Waals surface area contributed by atoms with Gasteiger partial charge in [-0.3, -0.25) is 4.79 Å². The molecule has 2 aromatic carbocycles. The van der Waals surface area contributed by atoms with Crippen molar-refractivity contribution in [3.05, 3.63) is 59.2 Å². The van der Waals surface area contributed by atoms with Gasteiger partial charge in [-0.05, 0) is 55.0 Å². The lowest BCUT2D eigenvalue weighted by atomic mass is 9.94. The Morgan fingerprint density at radius 1 is 1.03 bits per heavy atom. The Hall–Kier alpha value is -2.32. The third kappa shape index (κ3) is 3.74. The molecule has 0 bridgehead atoms. The van der Waals surface area contributed by atoms with Gasteiger partial charge >= 0.3 is 0 Å². The Bertz CT molecular complexity index is 1080. The van der Waals surface area contributed by atoms with Gasteiger partial charge in [-0.25, -0.2) is 17.2 Å². The monoisotopic (exact) mass is 434 g/mol. The summed E-state index contributed by atoms with van der Waals surface area (Å²) in [5.41, 5.74) is 0.814. The van der Waals surface area contributed by atoms with Crippen LogP contribution in [0, 0.1) is 23.5 Å². The summed E-state index contributed by atoms with van der Waals surface area (Å²) in [6.45, 7) is 5.29. The second-order valence-corrected chi connectivity index (χ2v) is 10.3. The summed E-state index contributed by atoms with van der Waals surface area (Å²) < 4.78 is 55.1. The van der Waals surface area contributed by atoms with E-state index in [4.69, 9.17) is 0 Å². The number of carbonyl (C=O) groups is 1. The van der Waals surface area contributed by atoms with E-state index in [1.807, 2.05) is 13.8 Å². The van der Waals surface area contributed by atoms with Crippen LogP contribution in [0.4, 0.5) is 14.5 Å². The molecule has 2 unspecified atom stereocenters. The molecule has 1 fully saturated rings. The van der Waals surface area contributed by atoms with Crippen LogP contribution in [0.1, 0.15) is 36.2 Å². The molecule has 2 heterocycles. The summed E-state index contributed by atoms with van der Waals surface area (Å²) in [7, 11) is -3.64. The van der Waals surface area contributed by atoms with Crippen molar-refractivity contribution in [3.8, 4) is 0 Å². The van der Waals surface area contributed by atoms with Crippen LogP contribution in [0.3, 0.4) is 0 Å². The van der Waals surface area contributed by atoms with Gasteiger partial charge in [0.1, 0.15) is 11.6 Å². The molecular weight excluding hydrogens is 410 g/mol. The fourth-order valence-corrected chi connectivity index (χ4v) is 6.19. The van der Waals surface area contributed by atoms with Crippen molar-refractivity contribution in [3.63, 3.8) is 0 Å². The zero-order valence-corrected chi connectivity index (χ0v) is 17.8. The molecule has 0 spiro atoms. The molecular formula is C22H24F2N2O3S. The van der Waals surface area contributed by atoms with Crippen LogP contribution in [-0.2, 0) is 16.4 Å². The molecule has 5 nitrogen and oxygen atoms in total. The maximum absolute atomic E-state index is 14.0. The minimum atomic E-state index is -3.64. The molecule has 2 aromatic rings. The molecule has 0 radical (unpaired) electrons. The highest BCUT2D eigenvalue weighted by atomic mass is 32.2. The minimum absolute atomic E-state index is 0.138. The van der Waals surface area contributed by atoms with E-state index < -0.39 is 27.6 Å². The normalized spacial score (nSPS) is 22.2. The number of fused-ring (bicyclic) bond motifs is 1. The number of amides is 1. The maximum Gasteiger partial charge on any atom is 0.258 e. The number of piperidine rings is 1. The lowest BCUT2D eigenvalue weighted by Gasteiger charge is -2.34. The van der Waals surface area contributed by atoms with Crippen LogP contribution < -0.4 is 4.90 Å². The van der Waals surface area contributed by atoms with E-state index in [1.165, 1.54) is 33.5 Å². The Balaban J connectivity index is 1.57. The minimum Gasteiger partial charge on any atom is -0.308 e. The Morgan fingerprint density at radius 2 is 1.67 bits per heavy atom. The first-order valence-electron chi connectivity index (χ1n) is 10.1. The highest BCUT2D eigenvalue weighted by Crippen LogP contribution is 2.33. The van der Waals surface area contributed by atoms with Crippen LogP contribution in [-0.4, -0.2) is 38.3 Å². The number of carbonyl (C=O) groups excluding carboxylic acids is 1. The van der Waals surface area contributed by atoms with Crippen molar-refractivity contribution >= 4 is 21.6 Å². The average Bonchev–Trinajstić information content (AvgIpc) is 3.11. The molecule has 160 valence electrons. The van der Waals surface area contributed by atoms with E-state index in [9.17, 15) is 22.0 Å². The van der Waals surface area contributed by atoms with Crippen molar-refractivity contribution in [2.75, 3.05) is 24.5 Å².